The smallest absolute Gasteiger partial charge is 0.342 e. The first-order chi connectivity index (χ1) is 61.5. The average molecular weight is 1860 g/mol. The predicted molar refractivity (Wildman–Crippen MR) is 509 cm³/mol. The minimum atomic E-state index is -0.545. The molecule has 7 aromatic carbocycles. The number of rotatable bonds is 26. The molecule has 0 aliphatic carbocycles. The number of methoxy groups -OCH3 is 6. The van der Waals surface area contributed by atoms with Crippen molar-refractivity contribution in [3.8, 4) is 113 Å². The highest BCUT2D eigenvalue weighted by Gasteiger charge is 2.28. The number of esters is 6. The highest BCUT2D eigenvalue weighted by atomic mass is 32.1. The van der Waals surface area contributed by atoms with Crippen LogP contribution >= 0.6 is 68.0 Å². The van der Waals surface area contributed by atoms with Crippen molar-refractivity contribution < 1.29 is 99.5 Å². The van der Waals surface area contributed by atoms with Gasteiger partial charge in [0.15, 0.2) is 34.5 Å². The molecule has 674 valence electrons. The van der Waals surface area contributed by atoms with E-state index < -0.39 is 29.7 Å². The minimum Gasteiger partial charge on any atom is -0.497 e. The van der Waals surface area contributed by atoms with Gasteiger partial charge in [0.2, 0.25) is 6.79 Å². The number of hydrogen-bond donors (Lipinski definition) is 7. The predicted octanol–water partition coefficient (Wildman–Crippen LogP) is 20.2. The van der Waals surface area contributed by atoms with Crippen LogP contribution in [0.4, 0.5) is 45.8 Å². The molecule has 7 heterocycles. The fourth-order valence-corrected chi connectivity index (χ4v) is 17.2. The van der Waals surface area contributed by atoms with Gasteiger partial charge in [-0.2, -0.15) is 0 Å². The molecular weight excluding hydrogens is 1760 g/mol. The summed E-state index contributed by atoms with van der Waals surface area (Å²) in [6.07, 6.45) is -0.204. The van der Waals surface area contributed by atoms with Crippen LogP contribution in [0.1, 0.15) is 109 Å². The van der Waals surface area contributed by atoms with Crippen LogP contribution in [-0.2, 0) is 35.0 Å². The van der Waals surface area contributed by atoms with Crippen molar-refractivity contribution in [2.24, 2.45) is 0 Å². The van der Waals surface area contributed by atoms with Crippen LogP contribution in [0.5, 0.6) is 46.0 Å². The molecule has 28 nitrogen and oxygen atoms in total. The van der Waals surface area contributed by atoms with Crippen molar-refractivity contribution in [3.05, 3.63) is 223 Å². The van der Waals surface area contributed by atoms with E-state index in [1.807, 2.05) is 143 Å². The lowest BCUT2D eigenvalue weighted by atomic mass is 10.0. The summed E-state index contributed by atoms with van der Waals surface area (Å²) < 4.78 is 86.9. The Hall–Kier alpha value is -13.7. The fraction of sp³-hybridized carbons (Fsp3) is 0.226. The number of carbonyl (C=O) groups is 6. The van der Waals surface area contributed by atoms with Crippen LogP contribution in [0.15, 0.2) is 178 Å². The molecular formula is C93H99FN8O20S6. The first kappa shape index (κ1) is 98.1. The Labute approximate surface area is 764 Å². The van der Waals surface area contributed by atoms with E-state index in [9.17, 15) is 33.2 Å². The summed E-state index contributed by atoms with van der Waals surface area (Å²) in [4.78, 5) is 74.8. The van der Waals surface area contributed by atoms with E-state index in [1.54, 1.807) is 125 Å². The first-order valence-electron chi connectivity index (χ1n) is 39.2. The molecule has 0 fully saturated rings. The molecule has 0 atom stereocenters. The molecule has 0 bridgehead atoms. The number of anilines is 8. The maximum atomic E-state index is 14.1. The van der Waals surface area contributed by atoms with Crippen molar-refractivity contribution >= 4 is 145 Å². The summed E-state index contributed by atoms with van der Waals surface area (Å²) in [6, 6.07) is 43.5. The van der Waals surface area contributed by atoms with Crippen molar-refractivity contribution in [1.82, 2.24) is 0 Å². The molecule has 0 saturated heterocycles. The standard InChI is InChI=1S/C21H21NO5S.C16H19NO4S.C15H18N2O2S.C14H14FNO3S.C14H13NO4S.C13H14N2O2S/c1-24-15-6-4-5-13(9-15)11-27-21(23)19-16(12-28-20(19)22)14-7-8-17(25-2)18(10-14)26-3;1-9(2)21-16(18)14-11(8-22-15(14)17)10-5-6-12(19-3)13(7-10)20-4;1-4-19-15(18)13-12(9-20-14(13)16)10-5-7-11(8-6-10)17(2)3;1-3-19-14(17)12-10(7-20-13(12)16)9-5-4-8(18-2)6-11(9)15;1-2-17-14(16)12-9(6-20-13(12)15)8-3-4-10-11(5-8)19-7-18-10;1-2-17-13(16)11-10(7-18-12(11)15)8-3-5-9(14)6-4-8/h4-10,12H,11,22H2,1-3H3;5-9H,17H2,1-4H3;5-9H,4,16H2,1-3H3;4-7H,3,16H2,1-2H3;3-6H,2,7,15H2,1H3;3-7H,2,14-15H2,1H3. The number of carbonyl (C=O) groups excluding carboxylic acids is 6. The van der Waals surface area contributed by atoms with Crippen molar-refractivity contribution in [1.29, 1.82) is 0 Å². The largest absolute Gasteiger partial charge is 0.497 e. The van der Waals surface area contributed by atoms with Crippen molar-refractivity contribution in [2.45, 2.75) is 54.3 Å². The van der Waals surface area contributed by atoms with Gasteiger partial charge >= 0.3 is 35.8 Å². The fourth-order valence-electron chi connectivity index (χ4n) is 12.3. The van der Waals surface area contributed by atoms with Gasteiger partial charge < -0.3 is 111 Å². The van der Waals surface area contributed by atoms with Crippen LogP contribution < -0.4 is 82.9 Å². The number of thiophene rings is 6. The second-order valence-corrected chi connectivity index (χ2v) is 32.7. The molecule has 0 spiro atoms. The third-order valence-corrected chi connectivity index (χ3v) is 23.4. The first-order valence-corrected chi connectivity index (χ1v) is 44.5. The Morgan fingerprint density at radius 1 is 0.367 bits per heavy atom. The Bertz CT molecular complexity index is 5980. The lowest BCUT2D eigenvalue weighted by Gasteiger charge is -2.13. The average Bonchev–Trinajstić information content (AvgIpc) is 1.66. The molecule has 35 heteroatoms. The molecule has 1 aliphatic rings. The normalized spacial score (nSPS) is 10.7. The number of benzene rings is 7. The van der Waals surface area contributed by atoms with Gasteiger partial charge in [-0.1, -0.05) is 54.6 Å². The van der Waals surface area contributed by atoms with Gasteiger partial charge in [-0.05, 0) is 160 Å². The zero-order valence-corrected chi connectivity index (χ0v) is 77.5. The molecule has 13 aromatic rings. The van der Waals surface area contributed by atoms with Crippen LogP contribution in [0.3, 0.4) is 0 Å². The van der Waals surface area contributed by atoms with E-state index in [2.05, 4.69) is 0 Å². The lowest BCUT2D eigenvalue weighted by molar-refractivity contribution is 0.0377. The monoisotopic (exact) mass is 1860 g/mol. The van der Waals surface area contributed by atoms with Crippen LogP contribution in [-0.4, -0.2) is 132 Å². The zero-order chi connectivity index (χ0) is 93.0. The van der Waals surface area contributed by atoms with E-state index in [0.717, 1.165) is 61.3 Å². The van der Waals surface area contributed by atoms with Gasteiger partial charge in [-0.3, -0.25) is 0 Å². The van der Waals surface area contributed by atoms with Crippen LogP contribution in [0.25, 0.3) is 66.8 Å². The summed E-state index contributed by atoms with van der Waals surface area (Å²) in [7, 11) is 13.3. The molecule has 14 N–H and O–H groups in total. The molecule has 0 unspecified atom stereocenters. The second-order valence-electron chi connectivity index (χ2n) is 27.2. The van der Waals surface area contributed by atoms with Gasteiger partial charge in [0, 0.05) is 103 Å². The number of nitrogens with zero attached hydrogens (tertiary/aromatic N) is 1. The Morgan fingerprint density at radius 3 is 1.11 bits per heavy atom. The topological polar surface area (TPSA) is 417 Å². The lowest BCUT2D eigenvalue weighted by Crippen LogP contribution is -2.13. The maximum Gasteiger partial charge on any atom is 0.342 e. The van der Waals surface area contributed by atoms with E-state index in [-0.39, 0.29) is 43.6 Å². The van der Waals surface area contributed by atoms with Crippen LogP contribution in [0.2, 0.25) is 0 Å². The van der Waals surface area contributed by atoms with Gasteiger partial charge in [0.05, 0.1) is 75.2 Å². The summed E-state index contributed by atoms with van der Waals surface area (Å²) >= 11 is 7.78. The number of fused-ring (bicyclic) bond motifs is 1. The van der Waals surface area contributed by atoms with Crippen molar-refractivity contribution in [3.63, 3.8) is 0 Å². The van der Waals surface area contributed by atoms with Gasteiger partial charge in [0.1, 0.15) is 87.3 Å². The molecule has 1 aliphatic heterocycles. The van der Waals surface area contributed by atoms with Crippen LogP contribution in [0, 0.1) is 5.82 Å². The third-order valence-electron chi connectivity index (χ3n) is 18.5. The molecule has 14 rings (SSSR count). The number of ether oxygens (including phenoxy) is 14. The number of nitrogens with two attached hydrogens (primary N) is 7. The highest BCUT2D eigenvalue weighted by molar-refractivity contribution is 7.16. The molecule has 0 saturated carbocycles. The Kier molecular flexibility index (Phi) is 36.0. The summed E-state index contributed by atoms with van der Waals surface area (Å²) in [5.41, 5.74) is 54.8. The molecule has 6 aromatic heterocycles. The van der Waals surface area contributed by atoms with E-state index >= 15 is 0 Å². The Morgan fingerprint density at radius 2 is 0.719 bits per heavy atom. The maximum absolute atomic E-state index is 14.1. The van der Waals surface area contributed by atoms with E-state index in [0.29, 0.717) is 146 Å². The van der Waals surface area contributed by atoms with E-state index in [4.69, 9.17) is 106 Å². The SMILES string of the molecule is CCOC(=O)c1c(-c2ccc(N(C)C)cc2)csc1N.CCOC(=O)c1c(-c2ccc(N)cc2)csc1N.CCOC(=O)c1c(-c2ccc(OC)cc2F)csc1N.CCOC(=O)c1c(-c2ccc3c(c2)OCO3)csc1N.COc1ccc(-c2csc(N)c2C(=O)OC(C)C)cc1OC.COc1cccc(COC(=O)c2c(-c3ccc(OC)c(OC)c3)csc2N)c1. The van der Waals surface area contributed by atoms with Gasteiger partial charge in [-0.15, -0.1) is 68.0 Å². The molecule has 128 heavy (non-hydrogen) atoms. The van der Waals surface area contributed by atoms with Gasteiger partial charge in [-0.25, -0.2) is 33.2 Å². The molecule has 0 amide bonds. The summed E-state index contributed by atoms with van der Waals surface area (Å²) in [5.74, 6) is 1.80. The number of halogens is 1. The summed E-state index contributed by atoms with van der Waals surface area (Å²) in [5, 5.41) is 13.5. The van der Waals surface area contributed by atoms with Crippen molar-refractivity contribution in [2.75, 3.05) is 135 Å². The number of hydrogen-bond acceptors (Lipinski definition) is 34. The minimum absolute atomic E-state index is 0.122. The summed E-state index contributed by atoms with van der Waals surface area (Å²) in [6.45, 7) is 12.2. The second kappa shape index (κ2) is 47.0. The quantitative estimate of drug-likeness (QED) is 0.0150. The van der Waals surface area contributed by atoms with E-state index in [1.165, 1.54) is 81.2 Å². The van der Waals surface area contributed by atoms with Gasteiger partial charge in [0.25, 0.3) is 0 Å². The third kappa shape index (κ3) is 24.7. The highest BCUT2D eigenvalue weighted by Crippen LogP contribution is 2.45. The zero-order valence-electron chi connectivity index (χ0n) is 72.6. The number of nitrogen functional groups attached to an aromatic ring is 7. The Balaban J connectivity index is 0.000000174. The molecule has 0 radical (unpaired) electrons.